The van der Waals surface area contributed by atoms with Gasteiger partial charge in [0.05, 0.1) is 0 Å². The van der Waals surface area contributed by atoms with Crippen LogP contribution in [-0.2, 0) is 9.53 Å². The molecule has 1 atom stereocenters. The Bertz CT molecular complexity index is 107. The zero-order valence-electron chi connectivity index (χ0n) is 5.89. The molecule has 0 heterocycles. The van der Waals surface area contributed by atoms with E-state index in [0.717, 1.165) is 0 Å². The Balaban J connectivity index is 3.58. The Morgan fingerprint density at radius 3 is 2.78 bits per heavy atom. The Kier molecular flexibility index (Phi) is 3.97. The summed E-state index contributed by atoms with van der Waals surface area (Å²) < 4.78 is 4.97. The minimum atomic E-state index is -0.326. The molecule has 0 aromatic heterocycles. The zero-order valence-corrected chi connectivity index (χ0v) is 5.89. The molecule has 0 saturated carbocycles. The molecular formula is C7H12O2. The van der Waals surface area contributed by atoms with Gasteiger partial charge in [0.15, 0.2) is 5.78 Å². The minimum absolute atomic E-state index is 0.0585. The van der Waals surface area contributed by atoms with Crippen LogP contribution >= 0.6 is 0 Å². The Hall–Kier alpha value is -0.630. The van der Waals surface area contributed by atoms with Crippen LogP contribution in [0.15, 0.2) is 12.7 Å². The number of carbonyl (C=O) groups is 1. The second-order valence-electron chi connectivity index (χ2n) is 1.70. The monoisotopic (exact) mass is 128 g/mol. The van der Waals surface area contributed by atoms with Gasteiger partial charge in [0, 0.05) is 6.61 Å². The van der Waals surface area contributed by atoms with E-state index in [1.807, 2.05) is 6.92 Å². The number of carbonyl (C=O) groups excluding carboxylic acids is 1. The van der Waals surface area contributed by atoms with Crippen molar-refractivity contribution in [1.29, 1.82) is 0 Å². The molecule has 0 aromatic rings. The predicted molar refractivity (Wildman–Crippen MR) is 36.3 cm³/mol. The normalized spacial score (nSPS) is 12.7. The molecule has 0 aliphatic carbocycles. The van der Waals surface area contributed by atoms with Crippen molar-refractivity contribution in [3.8, 4) is 0 Å². The van der Waals surface area contributed by atoms with E-state index < -0.39 is 0 Å². The van der Waals surface area contributed by atoms with E-state index in [9.17, 15) is 4.79 Å². The SMILES string of the molecule is C=CC(=O)C(C)OCC. The van der Waals surface area contributed by atoms with Gasteiger partial charge in [0.2, 0.25) is 0 Å². The van der Waals surface area contributed by atoms with E-state index in [2.05, 4.69) is 6.58 Å². The number of hydrogen-bond donors (Lipinski definition) is 0. The van der Waals surface area contributed by atoms with Crippen LogP contribution in [0, 0.1) is 0 Å². The fraction of sp³-hybridized carbons (Fsp3) is 0.571. The maximum Gasteiger partial charge on any atom is 0.183 e. The predicted octanol–water partition coefficient (Wildman–Crippen LogP) is 1.17. The lowest BCUT2D eigenvalue weighted by Crippen LogP contribution is -2.17. The van der Waals surface area contributed by atoms with E-state index in [4.69, 9.17) is 4.74 Å². The smallest absolute Gasteiger partial charge is 0.183 e. The largest absolute Gasteiger partial charge is 0.371 e. The van der Waals surface area contributed by atoms with Crippen molar-refractivity contribution < 1.29 is 9.53 Å². The van der Waals surface area contributed by atoms with Crippen LogP contribution in [0.4, 0.5) is 0 Å². The third kappa shape index (κ3) is 3.03. The van der Waals surface area contributed by atoms with Crippen molar-refractivity contribution in [3.63, 3.8) is 0 Å². The Labute approximate surface area is 55.5 Å². The average molecular weight is 128 g/mol. The molecule has 0 aliphatic rings. The van der Waals surface area contributed by atoms with E-state index in [1.165, 1.54) is 6.08 Å². The van der Waals surface area contributed by atoms with Crippen molar-refractivity contribution in [2.75, 3.05) is 6.61 Å². The summed E-state index contributed by atoms with van der Waals surface area (Å²) in [5.41, 5.74) is 0. The first-order chi connectivity index (χ1) is 4.22. The average Bonchev–Trinajstić information content (AvgIpc) is 1.87. The minimum Gasteiger partial charge on any atom is -0.371 e. The molecule has 0 aromatic carbocycles. The van der Waals surface area contributed by atoms with Crippen LogP contribution in [0.1, 0.15) is 13.8 Å². The van der Waals surface area contributed by atoms with E-state index in [-0.39, 0.29) is 11.9 Å². The van der Waals surface area contributed by atoms with Crippen molar-refractivity contribution in [1.82, 2.24) is 0 Å². The van der Waals surface area contributed by atoms with Crippen molar-refractivity contribution in [3.05, 3.63) is 12.7 Å². The molecule has 0 N–H and O–H groups in total. The van der Waals surface area contributed by atoms with Crippen molar-refractivity contribution >= 4 is 5.78 Å². The summed E-state index contributed by atoms with van der Waals surface area (Å²) in [5, 5.41) is 0. The Morgan fingerprint density at radius 1 is 1.89 bits per heavy atom. The van der Waals surface area contributed by atoms with E-state index in [0.29, 0.717) is 6.61 Å². The van der Waals surface area contributed by atoms with E-state index in [1.54, 1.807) is 6.92 Å². The molecule has 0 radical (unpaired) electrons. The topological polar surface area (TPSA) is 26.3 Å². The summed E-state index contributed by atoms with van der Waals surface area (Å²) in [6.07, 6.45) is 0.952. The summed E-state index contributed by atoms with van der Waals surface area (Å²) in [6, 6.07) is 0. The maximum absolute atomic E-state index is 10.7. The molecule has 2 nitrogen and oxygen atoms in total. The second-order valence-corrected chi connectivity index (χ2v) is 1.70. The highest BCUT2D eigenvalue weighted by molar-refractivity contribution is 5.92. The van der Waals surface area contributed by atoms with Gasteiger partial charge in [-0.1, -0.05) is 6.58 Å². The molecule has 0 amide bonds. The summed E-state index contributed by atoms with van der Waals surface area (Å²) in [6.45, 7) is 7.47. The molecule has 9 heavy (non-hydrogen) atoms. The summed E-state index contributed by atoms with van der Waals surface area (Å²) >= 11 is 0. The molecular weight excluding hydrogens is 116 g/mol. The quantitative estimate of drug-likeness (QED) is 0.531. The van der Waals surface area contributed by atoms with Crippen LogP contribution < -0.4 is 0 Å². The van der Waals surface area contributed by atoms with Gasteiger partial charge in [-0.05, 0) is 19.9 Å². The van der Waals surface area contributed by atoms with Gasteiger partial charge in [-0.25, -0.2) is 0 Å². The van der Waals surface area contributed by atoms with Crippen LogP contribution in [0.2, 0.25) is 0 Å². The lowest BCUT2D eigenvalue weighted by Gasteiger charge is -2.05. The number of rotatable bonds is 4. The van der Waals surface area contributed by atoms with Crippen LogP contribution in [0.5, 0.6) is 0 Å². The molecule has 0 aliphatic heterocycles. The first kappa shape index (κ1) is 8.37. The second kappa shape index (κ2) is 4.27. The lowest BCUT2D eigenvalue weighted by molar-refractivity contribution is -0.124. The fourth-order valence-corrected chi connectivity index (χ4v) is 0.498. The van der Waals surface area contributed by atoms with Crippen LogP contribution in [-0.4, -0.2) is 18.5 Å². The maximum atomic E-state index is 10.7. The van der Waals surface area contributed by atoms with Crippen molar-refractivity contribution in [2.24, 2.45) is 0 Å². The molecule has 0 spiro atoms. The molecule has 0 saturated heterocycles. The van der Waals surface area contributed by atoms with Gasteiger partial charge < -0.3 is 4.74 Å². The Morgan fingerprint density at radius 2 is 2.44 bits per heavy atom. The van der Waals surface area contributed by atoms with Crippen LogP contribution in [0.3, 0.4) is 0 Å². The van der Waals surface area contributed by atoms with Gasteiger partial charge >= 0.3 is 0 Å². The molecule has 0 fully saturated rings. The molecule has 52 valence electrons. The van der Waals surface area contributed by atoms with Gasteiger partial charge in [-0.15, -0.1) is 0 Å². The summed E-state index contributed by atoms with van der Waals surface area (Å²) in [5.74, 6) is -0.0585. The number of ether oxygens (including phenoxy) is 1. The summed E-state index contributed by atoms with van der Waals surface area (Å²) in [4.78, 5) is 10.7. The van der Waals surface area contributed by atoms with Crippen molar-refractivity contribution in [2.45, 2.75) is 20.0 Å². The highest BCUT2D eigenvalue weighted by Crippen LogP contribution is 1.91. The van der Waals surface area contributed by atoms with E-state index >= 15 is 0 Å². The molecule has 1 unspecified atom stereocenters. The third-order valence-electron chi connectivity index (χ3n) is 1.02. The van der Waals surface area contributed by atoms with Gasteiger partial charge in [-0.3, -0.25) is 4.79 Å². The molecule has 2 heteroatoms. The van der Waals surface area contributed by atoms with Gasteiger partial charge in [-0.2, -0.15) is 0 Å². The third-order valence-corrected chi connectivity index (χ3v) is 1.02. The number of hydrogen-bond acceptors (Lipinski definition) is 2. The molecule has 0 bridgehead atoms. The number of ketones is 1. The lowest BCUT2D eigenvalue weighted by atomic mass is 10.2. The standard InChI is InChI=1S/C7H12O2/c1-4-7(8)6(3)9-5-2/h4,6H,1,5H2,2-3H3. The molecule has 0 rings (SSSR count). The zero-order chi connectivity index (χ0) is 7.28. The highest BCUT2D eigenvalue weighted by atomic mass is 16.5. The highest BCUT2D eigenvalue weighted by Gasteiger charge is 2.06. The van der Waals surface area contributed by atoms with Crippen LogP contribution in [0.25, 0.3) is 0 Å². The van der Waals surface area contributed by atoms with Gasteiger partial charge in [0.1, 0.15) is 6.10 Å². The van der Waals surface area contributed by atoms with Gasteiger partial charge in [0.25, 0.3) is 0 Å². The first-order valence-corrected chi connectivity index (χ1v) is 3.00. The first-order valence-electron chi connectivity index (χ1n) is 3.00. The fourth-order valence-electron chi connectivity index (χ4n) is 0.498. The summed E-state index contributed by atoms with van der Waals surface area (Å²) in [7, 11) is 0.